The number of primary amides is 1. The molecular weight excluding hydrogens is 616 g/mol. The molecule has 0 spiro atoms. The van der Waals surface area contributed by atoms with Crippen molar-refractivity contribution in [1.29, 1.82) is 0 Å². The molecule has 0 aromatic heterocycles. The van der Waals surface area contributed by atoms with Crippen molar-refractivity contribution in [3.63, 3.8) is 0 Å². The van der Waals surface area contributed by atoms with Crippen LogP contribution in [-0.2, 0) is 28.8 Å². The van der Waals surface area contributed by atoms with Gasteiger partial charge in [-0.15, -0.1) is 0 Å². The number of hydrogen-bond acceptors (Lipinski definition) is 7. The smallest absolute Gasteiger partial charge is 0.315 e. The van der Waals surface area contributed by atoms with Crippen LogP contribution in [0.4, 0.5) is 4.79 Å². The van der Waals surface area contributed by atoms with Crippen LogP contribution in [0.2, 0.25) is 0 Å². The summed E-state index contributed by atoms with van der Waals surface area (Å²) < 4.78 is 0. The van der Waals surface area contributed by atoms with Crippen LogP contribution in [0, 0.1) is 39.4 Å². The van der Waals surface area contributed by atoms with Crippen molar-refractivity contribution >= 4 is 41.4 Å². The monoisotopic (exact) mass is 672 g/mol. The molecule has 2 saturated heterocycles. The SMILES string of the molecule is CCC1C[C@@]1(NC(=O)[C@@H]1[C@@H]2[C@H](CN1C(=O)[C@@H](NC(=O)N[C@H](CN1C(=O)CC(C)(C)CC1=O)C(C)(C)C)C(C)(C)C)C2(C)C)C(=O)C(N)=O. The molecule has 0 aromatic carbocycles. The quantitative estimate of drug-likeness (QED) is 0.202. The molecule has 2 aliphatic heterocycles. The van der Waals surface area contributed by atoms with Crippen molar-refractivity contribution in [2.24, 2.45) is 45.1 Å². The van der Waals surface area contributed by atoms with E-state index in [1.807, 2.05) is 76.2 Å². The summed E-state index contributed by atoms with van der Waals surface area (Å²) in [6, 6.07) is -3.20. The molecule has 13 nitrogen and oxygen atoms in total. The molecule has 268 valence electrons. The maximum Gasteiger partial charge on any atom is 0.315 e. The third kappa shape index (κ3) is 6.96. The number of ketones is 1. The Bertz CT molecular complexity index is 1390. The number of nitrogens with two attached hydrogens (primary N) is 1. The highest BCUT2D eigenvalue weighted by atomic mass is 16.2. The molecule has 7 atom stereocenters. The Morgan fingerprint density at radius 2 is 1.48 bits per heavy atom. The lowest BCUT2D eigenvalue weighted by molar-refractivity contribution is -0.153. The molecule has 4 aliphatic rings. The third-order valence-corrected chi connectivity index (χ3v) is 11.3. The van der Waals surface area contributed by atoms with Gasteiger partial charge in [-0.25, -0.2) is 4.79 Å². The summed E-state index contributed by atoms with van der Waals surface area (Å²) in [6.07, 6.45) is 1.33. The minimum Gasteiger partial charge on any atom is -0.363 e. The first-order chi connectivity index (χ1) is 21.8. The second-order valence-electron chi connectivity index (χ2n) is 18.1. The number of imide groups is 1. The molecule has 0 bridgehead atoms. The van der Waals surface area contributed by atoms with Gasteiger partial charge in [0.05, 0.1) is 6.04 Å². The number of piperidine rings is 2. The van der Waals surface area contributed by atoms with Crippen molar-refractivity contribution in [2.45, 2.75) is 126 Å². The number of Topliss-reactive ketones (excluding diaryl/α,β-unsaturated/α-hetero) is 1. The molecular formula is C35H56N6O7. The second kappa shape index (κ2) is 12.1. The predicted molar refractivity (Wildman–Crippen MR) is 178 cm³/mol. The number of fused-ring (bicyclic) bond motifs is 1. The predicted octanol–water partition coefficient (Wildman–Crippen LogP) is 2.11. The van der Waals surface area contributed by atoms with Gasteiger partial charge in [0.15, 0.2) is 0 Å². The Morgan fingerprint density at radius 3 is 1.94 bits per heavy atom. The van der Waals surface area contributed by atoms with Gasteiger partial charge in [-0.3, -0.25) is 33.7 Å². The van der Waals surface area contributed by atoms with Crippen LogP contribution in [0.5, 0.6) is 0 Å². The molecule has 4 rings (SSSR count). The second-order valence-corrected chi connectivity index (χ2v) is 18.1. The fourth-order valence-electron chi connectivity index (χ4n) is 7.92. The highest BCUT2D eigenvalue weighted by molar-refractivity contribution is 6.40. The summed E-state index contributed by atoms with van der Waals surface area (Å²) in [4.78, 5) is 95.3. The molecule has 13 heteroatoms. The largest absolute Gasteiger partial charge is 0.363 e. The number of nitrogens with one attached hydrogen (secondary N) is 3. The van der Waals surface area contributed by atoms with Gasteiger partial charge in [-0.05, 0) is 45.8 Å². The number of carbonyl (C=O) groups is 7. The van der Waals surface area contributed by atoms with Crippen LogP contribution in [-0.4, -0.2) is 87.9 Å². The number of urea groups is 1. The van der Waals surface area contributed by atoms with Crippen LogP contribution < -0.4 is 21.7 Å². The topological polar surface area (TPSA) is 188 Å². The number of hydrogen-bond donors (Lipinski definition) is 4. The zero-order valence-electron chi connectivity index (χ0n) is 30.5. The first-order valence-corrected chi connectivity index (χ1v) is 17.2. The summed E-state index contributed by atoms with van der Waals surface area (Å²) in [7, 11) is 0. The molecule has 7 amide bonds. The molecule has 1 unspecified atom stereocenters. The Kier molecular flexibility index (Phi) is 9.42. The molecule has 2 heterocycles. The normalized spacial score (nSPS) is 30.1. The first-order valence-electron chi connectivity index (χ1n) is 17.2. The van der Waals surface area contributed by atoms with Gasteiger partial charge in [0.25, 0.3) is 5.91 Å². The number of carbonyl (C=O) groups excluding carboxylic acids is 7. The zero-order chi connectivity index (χ0) is 36.5. The highest BCUT2D eigenvalue weighted by Gasteiger charge is 2.71. The summed E-state index contributed by atoms with van der Waals surface area (Å²) in [5, 5.41) is 8.62. The average Bonchev–Trinajstić information content (AvgIpc) is 3.68. The van der Waals surface area contributed by atoms with Gasteiger partial charge in [0, 0.05) is 25.9 Å². The van der Waals surface area contributed by atoms with Crippen molar-refractivity contribution in [1.82, 2.24) is 25.8 Å². The number of rotatable bonds is 10. The zero-order valence-corrected chi connectivity index (χ0v) is 30.5. The van der Waals surface area contributed by atoms with Gasteiger partial charge >= 0.3 is 6.03 Å². The summed E-state index contributed by atoms with van der Waals surface area (Å²) in [5.41, 5.74) is 2.02. The lowest BCUT2D eigenvalue weighted by Gasteiger charge is -2.41. The van der Waals surface area contributed by atoms with Crippen LogP contribution in [0.15, 0.2) is 0 Å². The summed E-state index contributed by atoms with van der Waals surface area (Å²) >= 11 is 0. The van der Waals surface area contributed by atoms with E-state index in [-0.39, 0.29) is 54.4 Å². The van der Waals surface area contributed by atoms with E-state index < -0.39 is 69.4 Å². The van der Waals surface area contributed by atoms with Gasteiger partial charge in [-0.2, -0.15) is 0 Å². The van der Waals surface area contributed by atoms with E-state index in [2.05, 4.69) is 16.0 Å². The van der Waals surface area contributed by atoms with Gasteiger partial charge in [0.1, 0.15) is 17.6 Å². The minimum atomic E-state index is -1.36. The first kappa shape index (κ1) is 37.3. The lowest BCUT2D eigenvalue weighted by atomic mass is 9.80. The Balaban J connectivity index is 1.54. The third-order valence-electron chi connectivity index (χ3n) is 11.3. The minimum absolute atomic E-state index is 0.00383. The average molecular weight is 673 g/mol. The molecule has 5 N–H and O–H groups in total. The van der Waals surface area contributed by atoms with Crippen molar-refractivity contribution in [3.05, 3.63) is 0 Å². The van der Waals surface area contributed by atoms with E-state index in [1.165, 1.54) is 9.80 Å². The number of amides is 7. The molecule has 2 saturated carbocycles. The van der Waals surface area contributed by atoms with Gasteiger partial charge < -0.3 is 26.6 Å². The van der Waals surface area contributed by atoms with Gasteiger partial charge in [-0.1, -0.05) is 82.6 Å². The maximum absolute atomic E-state index is 14.4. The summed E-state index contributed by atoms with van der Waals surface area (Å²) in [5.74, 6) is -3.79. The fourth-order valence-corrected chi connectivity index (χ4v) is 7.92. The van der Waals surface area contributed by atoms with Crippen molar-refractivity contribution < 1.29 is 33.6 Å². The highest BCUT2D eigenvalue weighted by Crippen LogP contribution is 2.65. The van der Waals surface area contributed by atoms with E-state index >= 15 is 0 Å². The Hall–Kier alpha value is -3.51. The molecule has 48 heavy (non-hydrogen) atoms. The fraction of sp³-hybridized carbons (Fsp3) is 0.800. The number of likely N-dealkylation sites (tertiary alicyclic amines) is 2. The Labute approximate surface area is 284 Å². The van der Waals surface area contributed by atoms with Gasteiger partial charge in [0.2, 0.25) is 29.4 Å². The van der Waals surface area contributed by atoms with E-state index in [1.54, 1.807) is 0 Å². The van der Waals surface area contributed by atoms with Crippen molar-refractivity contribution in [2.75, 3.05) is 13.1 Å². The van der Waals surface area contributed by atoms with Crippen molar-refractivity contribution in [3.8, 4) is 0 Å². The van der Waals surface area contributed by atoms with E-state index in [9.17, 15) is 33.6 Å². The van der Waals surface area contributed by atoms with E-state index in [4.69, 9.17) is 5.73 Å². The number of nitrogens with zero attached hydrogens (tertiary/aromatic N) is 2. The molecule has 0 aromatic rings. The van der Waals surface area contributed by atoms with Crippen LogP contribution >= 0.6 is 0 Å². The van der Waals surface area contributed by atoms with Crippen LogP contribution in [0.1, 0.15) is 102 Å². The maximum atomic E-state index is 14.4. The lowest BCUT2D eigenvalue weighted by Crippen LogP contribution is -2.63. The van der Waals surface area contributed by atoms with Crippen LogP contribution in [0.25, 0.3) is 0 Å². The van der Waals surface area contributed by atoms with E-state index in [0.717, 1.165) is 0 Å². The molecule has 4 fully saturated rings. The molecule has 2 aliphatic carbocycles. The Morgan fingerprint density at radius 1 is 0.917 bits per heavy atom. The van der Waals surface area contributed by atoms with Crippen LogP contribution in [0.3, 0.4) is 0 Å². The molecule has 0 radical (unpaired) electrons. The van der Waals surface area contributed by atoms with E-state index in [0.29, 0.717) is 19.4 Å². The standard InChI is InChI=1S/C35H56N6O7/c1-12-18-13-35(18,26(44)27(36)45)39-28(46)24-23-19(34(23,10)11)16-41(24)29(47)25(32(5,6)7)38-30(48)37-20(31(2,3)4)17-40-21(42)14-33(8,9)15-22(40)43/h18-20,23-25H,12-17H2,1-11H3,(H2,36,45)(H,39,46)(H2,37,38,48)/t18?,19-,20+,23-,24-,25+,35-/m0/s1. The summed E-state index contributed by atoms with van der Waals surface area (Å²) in [6.45, 7) is 21.1.